The van der Waals surface area contributed by atoms with Gasteiger partial charge in [-0.15, -0.1) is 0 Å². The Balaban J connectivity index is 1.87. The maximum atomic E-state index is 12.3. The molecule has 1 aromatic carbocycles. The van der Waals surface area contributed by atoms with Gasteiger partial charge in [0.1, 0.15) is 5.75 Å². The summed E-state index contributed by atoms with van der Waals surface area (Å²) < 4.78 is 33.9. The molecule has 0 amide bonds. The van der Waals surface area contributed by atoms with E-state index in [4.69, 9.17) is 4.74 Å². The summed E-state index contributed by atoms with van der Waals surface area (Å²) in [4.78, 5) is 0.157. The molecule has 1 N–H and O–H groups in total. The van der Waals surface area contributed by atoms with Crippen molar-refractivity contribution in [3.8, 4) is 5.75 Å². The molecule has 0 unspecified atom stereocenters. The molecule has 0 saturated carbocycles. The molecule has 3 rings (SSSR count). The topological polar surface area (TPSA) is 73.2 Å². The number of fused-ring (bicyclic) bond motifs is 1. The highest BCUT2D eigenvalue weighted by atomic mass is 32.2. The molecule has 0 spiro atoms. The Morgan fingerprint density at radius 3 is 2.95 bits per heavy atom. The number of sulfonamides is 1. The Kier molecular flexibility index (Phi) is 3.13. The van der Waals surface area contributed by atoms with E-state index in [1.165, 1.54) is 19.2 Å². The first-order valence-electron chi connectivity index (χ1n) is 6.32. The third-order valence-corrected chi connectivity index (χ3v) is 4.61. The molecule has 2 aromatic rings. The van der Waals surface area contributed by atoms with Gasteiger partial charge in [-0.2, -0.15) is 5.10 Å². The minimum absolute atomic E-state index is 0.157. The molecule has 1 aliphatic heterocycles. The van der Waals surface area contributed by atoms with Gasteiger partial charge in [-0.25, -0.2) is 8.42 Å². The van der Waals surface area contributed by atoms with Crippen LogP contribution in [0.3, 0.4) is 0 Å². The zero-order valence-electron chi connectivity index (χ0n) is 11.0. The van der Waals surface area contributed by atoms with Gasteiger partial charge >= 0.3 is 0 Å². The van der Waals surface area contributed by atoms with Crippen molar-refractivity contribution in [1.82, 2.24) is 9.78 Å². The van der Waals surface area contributed by atoms with Crippen LogP contribution in [0.25, 0.3) is 0 Å². The number of ether oxygens (including phenoxy) is 1. The van der Waals surface area contributed by atoms with Crippen LogP contribution in [0.4, 0.5) is 5.82 Å². The number of nitrogens with zero attached hydrogens (tertiary/aromatic N) is 2. The van der Waals surface area contributed by atoms with E-state index in [0.29, 0.717) is 11.6 Å². The van der Waals surface area contributed by atoms with E-state index in [0.717, 1.165) is 25.1 Å². The van der Waals surface area contributed by atoms with Crippen molar-refractivity contribution in [2.75, 3.05) is 11.8 Å². The van der Waals surface area contributed by atoms with E-state index in [1.54, 1.807) is 18.2 Å². The first-order chi connectivity index (χ1) is 9.58. The van der Waals surface area contributed by atoms with E-state index >= 15 is 0 Å². The fraction of sp³-hybridized carbons (Fsp3) is 0.308. The Labute approximate surface area is 117 Å². The molecule has 2 heterocycles. The molecule has 1 aromatic heterocycles. The lowest BCUT2D eigenvalue weighted by Gasteiger charge is -2.07. The van der Waals surface area contributed by atoms with Crippen LogP contribution in [0.2, 0.25) is 0 Å². The highest BCUT2D eigenvalue weighted by molar-refractivity contribution is 7.92. The van der Waals surface area contributed by atoms with Gasteiger partial charge in [0.25, 0.3) is 10.0 Å². The summed E-state index contributed by atoms with van der Waals surface area (Å²) in [5.41, 5.74) is 1.06. The Morgan fingerprint density at radius 2 is 2.20 bits per heavy atom. The largest absolute Gasteiger partial charge is 0.497 e. The van der Waals surface area contributed by atoms with Crippen molar-refractivity contribution in [3.63, 3.8) is 0 Å². The molecule has 7 heteroatoms. The maximum absolute atomic E-state index is 12.3. The summed E-state index contributed by atoms with van der Waals surface area (Å²) in [5, 5.41) is 4.24. The Bertz CT molecular complexity index is 716. The fourth-order valence-corrected chi connectivity index (χ4v) is 3.30. The summed E-state index contributed by atoms with van der Waals surface area (Å²) in [6, 6.07) is 8.12. The van der Waals surface area contributed by atoms with Gasteiger partial charge in [0, 0.05) is 24.4 Å². The van der Waals surface area contributed by atoms with Crippen molar-refractivity contribution in [2.24, 2.45) is 0 Å². The molecule has 106 valence electrons. The molecule has 0 saturated heterocycles. The normalized spacial score (nSPS) is 14.1. The smallest absolute Gasteiger partial charge is 0.263 e. The number of benzene rings is 1. The predicted molar refractivity (Wildman–Crippen MR) is 74.4 cm³/mol. The van der Waals surface area contributed by atoms with Gasteiger partial charge in [-0.3, -0.25) is 9.40 Å². The lowest BCUT2D eigenvalue weighted by molar-refractivity contribution is 0.413. The first kappa shape index (κ1) is 13.0. The Morgan fingerprint density at radius 1 is 1.35 bits per heavy atom. The van der Waals surface area contributed by atoms with E-state index in [9.17, 15) is 8.42 Å². The van der Waals surface area contributed by atoms with E-state index in [1.807, 2.05) is 4.68 Å². The second-order valence-electron chi connectivity index (χ2n) is 4.63. The van der Waals surface area contributed by atoms with Gasteiger partial charge in [0.15, 0.2) is 5.82 Å². The number of hydrogen-bond acceptors (Lipinski definition) is 4. The average Bonchev–Trinajstić information content (AvgIpc) is 2.99. The van der Waals surface area contributed by atoms with Crippen molar-refractivity contribution in [1.29, 1.82) is 0 Å². The lowest BCUT2D eigenvalue weighted by atomic mass is 10.3. The minimum atomic E-state index is -3.64. The van der Waals surface area contributed by atoms with E-state index in [-0.39, 0.29) is 4.90 Å². The number of rotatable bonds is 4. The number of methoxy groups -OCH3 is 1. The fourth-order valence-electron chi connectivity index (χ4n) is 2.28. The molecular formula is C13H15N3O3S. The molecule has 6 nitrogen and oxygen atoms in total. The highest BCUT2D eigenvalue weighted by Gasteiger charge is 2.19. The molecule has 0 aliphatic carbocycles. The second kappa shape index (κ2) is 4.82. The Hall–Kier alpha value is -2.02. The van der Waals surface area contributed by atoms with Gasteiger partial charge in [-0.1, -0.05) is 6.07 Å². The third kappa shape index (κ3) is 2.36. The van der Waals surface area contributed by atoms with Gasteiger partial charge in [0.05, 0.1) is 12.0 Å². The first-order valence-corrected chi connectivity index (χ1v) is 7.80. The quantitative estimate of drug-likeness (QED) is 0.930. The SMILES string of the molecule is COc1cccc(S(=O)(=O)Nc2cc3n(n2)CCC3)c1. The molecule has 0 radical (unpaired) electrons. The highest BCUT2D eigenvalue weighted by Crippen LogP contribution is 2.22. The zero-order chi connectivity index (χ0) is 14.2. The number of aryl methyl sites for hydroxylation is 2. The van der Waals surface area contributed by atoms with Crippen molar-refractivity contribution in [2.45, 2.75) is 24.3 Å². The van der Waals surface area contributed by atoms with Crippen LogP contribution < -0.4 is 9.46 Å². The zero-order valence-corrected chi connectivity index (χ0v) is 11.9. The molecule has 20 heavy (non-hydrogen) atoms. The minimum Gasteiger partial charge on any atom is -0.497 e. The molecule has 0 fully saturated rings. The maximum Gasteiger partial charge on any atom is 0.263 e. The van der Waals surface area contributed by atoms with Gasteiger partial charge in [0.2, 0.25) is 0 Å². The lowest BCUT2D eigenvalue weighted by Crippen LogP contribution is -2.13. The number of hydrogen-bond donors (Lipinski definition) is 1. The van der Waals surface area contributed by atoms with Crippen LogP contribution in [0.5, 0.6) is 5.75 Å². The monoisotopic (exact) mass is 293 g/mol. The standard InChI is InChI=1S/C13H15N3O3S/c1-19-11-5-2-6-12(9-11)20(17,18)15-13-8-10-4-3-7-16(10)14-13/h2,5-6,8-9H,3-4,7H2,1H3,(H,14,15). The van der Waals surface area contributed by atoms with Crippen LogP contribution in [0.15, 0.2) is 35.2 Å². The molecule has 0 atom stereocenters. The van der Waals surface area contributed by atoms with E-state index in [2.05, 4.69) is 9.82 Å². The van der Waals surface area contributed by atoms with Crippen molar-refractivity contribution in [3.05, 3.63) is 36.0 Å². The van der Waals surface area contributed by atoms with Gasteiger partial charge < -0.3 is 4.74 Å². The summed E-state index contributed by atoms with van der Waals surface area (Å²) in [6.45, 7) is 0.843. The summed E-state index contributed by atoms with van der Waals surface area (Å²) in [5.74, 6) is 0.864. The van der Waals surface area contributed by atoms with Crippen LogP contribution in [-0.4, -0.2) is 25.3 Å². The number of anilines is 1. The number of aromatic nitrogens is 2. The molecule has 0 bridgehead atoms. The van der Waals surface area contributed by atoms with Crippen LogP contribution >= 0.6 is 0 Å². The second-order valence-corrected chi connectivity index (χ2v) is 6.31. The predicted octanol–water partition coefficient (Wildman–Crippen LogP) is 1.64. The third-order valence-electron chi connectivity index (χ3n) is 3.26. The average molecular weight is 293 g/mol. The van der Waals surface area contributed by atoms with Gasteiger partial charge in [-0.05, 0) is 25.0 Å². The van der Waals surface area contributed by atoms with E-state index < -0.39 is 10.0 Å². The molecular weight excluding hydrogens is 278 g/mol. The van der Waals surface area contributed by atoms with Crippen LogP contribution in [0.1, 0.15) is 12.1 Å². The summed E-state index contributed by atoms with van der Waals surface area (Å²) in [6.07, 6.45) is 2.00. The van der Waals surface area contributed by atoms with Crippen molar-refractivity contribution < 1.29 is 13.2 Å². The van der Waals surface area contributed by atoms with Crippen LogP contribution in [0, 0.1) is 0 Å². The van der Waals surface area contributed by atoms with Crippen molar-refractivity contribution >= 4 is 15.8 Å². The van der Waals surface area contributed by atoms with Crippen LogP contribution in [-0.2, 0) is 23.0 Å². The summed E-state index contributed by atoms with van der Waals surface area (Å²) in [7, 11) is -2.14. The summed E-state index contributed by atoms with van der Waals surface area (Å²) >= 11 is 0. The number of nitrogens with one attached hydrogen (secondary N) is 1. The molecule has 1 aliphatic rings.